The van der Waals surface area contributed by atoms with Gasteiger partial charge in [0.25, 0.3) is 0 Å². The van der Waals surface area contributed by atoms with Crippen molar-refractivity contribution in [1.29, 1.82) is 0 Å². The monoisotopic (exact) mass is 243 g/mol. The maximum atomic E-state index is 13.2. The second-order valence-corrected chi connectivity index (χ2v) is 3.97. The summed E-state index contributed by atoms with van der Waals surface area (Å²) in [6.07, 6.45) is 0. The van der Waals surface area contributed by atoms with E-state index in [4.69, 9.17) is 10.5 Å². The number of hydrogen-bond donors (Lipinski definition) is 1. The Bertz CT molecular complexity index is 503. The maximum absolute atomic E-state index is 13.2. The van der Waals surface area contributed by atoms with Crippen molar-refractivity contribution >= 4 is 16.5 Å². The lowest BCUT2D eigenvalue weighted by molar-refractivity contribution is 0.283. The minimum atomic E-state index is -1.01. The highest BCUT2D eigenvalue weighted by atomic mass is 32.1. The molecule has 0 amide bonds. The molecule has 0 aliphatic heterocycles. The van der Waals surface area contributed by atoms with Gasteiger partial charge in [-0.15, -0.1) is 10.2 Å². The van der Waals surface area contributed by atoms with E-state index >= 15 is 0 Å². The van der Waals surface area contributed by atoms with E-state index in [1.54, 1.807) is 0 Å². The summed E-state index contributed by atoms with van der Waals surface area (Å²) < 4.78 is 31.0. The summed E-state index contributed by atoms with van der Waals surface area (Å²) in [6.45, 7) is 0.00917. The molecular formula is C9H7F2N3OS. The van der Waals surface area contributed by atoms with Gasteiger partial charge in [-0.05, 0) is 12.1 Å². The number of ether oxygens (including phenoxy) is 1. The molecule has 0 radical (unpaired) electrons. The molecule has 1 heterocycles. The number of nitrogens with two attached hydrogens (primary N) is 1. The Labute approximate surface area is 93.7 Å². The van der Waals surface area contributed by atoms with Crippen molar-refractivity contribution in [3.8, 4) is 5.75 Å². The van der Waals surface area contributed by atoms with Crippen molar-refractivity contribution in [2.24, 2.45) is 0 Å². The third kappa shape index (κ3) is 2.25. The Morgan fingerprint density at radius 1 is 1.31 bits per heavy atom. The van der Waals surface area contributed by atoms with E-state index in [2.05, 4.69) is 10.2 Å². The van der Waals surface area contributed by atoms with Crippen LogP contribution in [-0.2, 0) is 6.61 Å². The first-order valence-electron chi connectivity index (χ1n) is 4.31. The van der Waals surface area contributed by atoms with Crippen molar-refractivity contribution < 1.29 is 13.5 Å². The van der Waals surface area contributed by atoms with Gasteiger partial charge in [0.15, 0.2) is 16.6 Å². The van der Waals surface area contributed by atoms with E-state index in [9.17, 15) is 8.78 Å². The van der Waals surface area contributed by atoms with Gasteiger partial charge in [0, 0.05) is 0 Å². The molecule has 4 nitrogen and oxygen atoms in total. The number of benzene rings is 1. The van der Waals surface area contributed by atoms with Crippen LogP contribution in [0.3, 0.4) is 0 Å². The average molecular weight is 243 g/mol. The Hall–Kier alpha value is -1.76. The minimum Gasteiger partial charge on any atom is -0.483 e. The third-order valence-electron chi connectivity index (χ3n) is 1.75. The fourth-order valence-corrected chi connectivity index (χ4v) is 1.58. The van der Waals surface area contributed by atoms with Crippen molar-refractivity contribution in [1.82, 2.24) is 10.2 Å². The summed E-state index contributed by atoms with van der Waals surface area (Å²) in [5, 5.41) is 8.06. The van der Waals surface area contributed by atoms with Crippen LogP contribution in [0.4, 0.5) is 13.9 Å². The van der Waals surface area contributed by atoms with Crippen molar-refractivity contribution in [2.45, 2.75) is 6.61 Å². The number of rotatable bonds is 3. The van der Waals surface area contributed by atoms with Gasteiger partial charge >= 0.3 is 0 Å². The lowest BCUT2D eigenvalue weighted by Crippen LogP contribution is -1.98. The lowest BCUT2D eigenvalue weighted by atomic mass is 10.3. The van der Waals surface area contributed by atoms with Gasteiger partial charge in [-0.3, -0.25) is 0 Å². The number of nitrogens with zero attached hydrogens (tertiary/aromatic N) is 2. The molecule has 7 heteroatoms. The van der Waals surface area contributed by atoms with Crippen LogP contribution in [0.25, 0.3) is 0 Å². The molecule has 84 valence electrons. The summed E-state index contributed by atoms with van der Waals surface area (Å²) in [7, 11) is 0. The van der Waals surface area contributed by atoms with E-state index in [-0.39, 0.29) is 12.4 Å². The van der Waals surface area contributed by atoms with Gasteiger partial charge in [-0.25, -0.2) is 4.39 Å². The first-order valence-corrected chi connectivity index (χ1v) is 5.13. The highest BCUT2D eigenvalue weighted by Crippen LogP contribution is 2.21. The van der Waals surface area contributed by atoms with Gasteiger partial charge in [-0.2, -0.15) is 4.39 Å². The predicted molar refractivity (Wildman–Crippen MR) is 55.0 cm³/mol. The van der Waals surface area contributed by atoms with Gasteiger partial charge in [-0.1, -0.05) is 17.4 Å². The zero-order chi connectivity index (χ0) is 11.5. The van der Waals surface area contributed by atoms with Crippen LogP contribution >= 0.6 is 11.3 Å². The van der Waals surface area contributed by atoms with Crippen LogP contribution in [0, 0.1) is 11.6 Å². The maximum Gasteiger partial charge on any atom is 0.203 e. The standard InChI is InChI=1S/C9H7F2N3OS/c10-5-2-1-3-6(8(5)11)15-4-7-13-14-9(12)16-7/h1-3H,4H2,(H2,12,14). The third-order valence-corrected chi connectivity index (χ3v) is 2.48. The molecule has 2 aromatic rings. The first kappa shape index (κ1) is 10.7. The fourth-order valence-electron chi connectivity index (χ4n) is 1.06. The molecule has 1 aromatic carbocycles. The quantitative estimate of drug-likeness (QED) is 0.895. The summed E-state index contributed by atoms with van der Waals surface area (Å²) in [5.74, 6) is -2.12. The number of hydrogen-bond acceptors (Lipinski definition) is 5. The summed E-state index contributed by atoms with van der Waals surface area (Å²) >= 11 is 1.13. The van der Waals surface area contributed by atoms with E-state index in [0.29, 0.717) is 10.1 Å². The van der Waals surface area contributed by atoms with Crippen LogP contribution < -0.4 is 10.5 Å². The molecule has 0 unspecified atom stereocenters. The molecule has 16 heavy (non-hydrogen) atoms. The predicted octanol–water partition coefficient (Wildman–Crippen LogP) is 1.98. The number of halogens is 2. The zero-order valence-corrected chi connectivity index (χ0v) is 8.80. The Morgan fingerprint density at radius 2 is 2.12 bits per heavy atom. The summed E-state index contributed by atoms with van der Waals surface area (Å²) in [6, 6.07) is 3.72. The molecule has 0 spiro atoms. The molecule has 0 bridgehead atoms. The highest BCUT2D eigenvalue weighted by Gasteiger charge is 2.09. The largest absolute Gasteiger partial charge is 0.483 e. The lowest BCUT2D eigenvalue weighted by Gasteiger charge is -2.04. The van der Waals surface area contributed by atoms with Crippen LogP contribution in [0.5, 0.6) is 5.75 Å². The normalized spacial score (nSPS) is 10.4. The first-order chi connectivity index (χ1) is 7.66. The van der Waals surface area contributed by atoms with Crippen LogP contribution in [0.15, 0.2) is 18.2 Å². The van der Waals surface area contributed by atoms with E-state index < -0.39 is 11.6 Å². The molecule has 0 fully saturated rings. The highest BCUT2D eigenvalue weighted by molar-refractivity contribution is 7.15. The molecule has 2 N–H and O–H groups in total. The number of anilines is 1. The zero-order valence-electron chi connectivity index (χ0n) is 7.98. The van der Waals surface area contributed by atoms with Crippen LogP contribution in [-0.4, -0.2) is 10.2 Å². The molecule has 0 saturated heterocycles. The molecule has 0 aliphatic rings. The Balaban J connectivity index is 2.07. The molecule has 0 aliphatic carbocycles. The van der Waals surface area contributed by atoms with Crippen LogP contribution in [0.1, 0.15) is 5.01 Å². The summed E-state index contributed by atoms with van der Waals surface area (Å²) in [4.78, 5) is 0. The second kappa shape index (κ2) is 4.40. The van der Waals surface area contributed by atoms with Crippen molar-refractivity contribution in [3.05, 3.63) is 34.8 Å². The smallest absolute Gasteiger partial charge is 0.203 e. The molecule has 1 aromatic heterocycles. The minimum absolute atomic E-state index is 0.00917. The second-order valence-electron chi connectivity index (χ2n) is 2.87. The summed E-state index contributed by atoms with van der Waals surface area (Å²) in [5.41, 5.74) is 5.36. The van der Waals surface area contributed by atoms with Crippen molar-refractivity contribution in [3.63, 3.8) is 0 Å². The van der Waals surface area contributed by atoms with E-state index in [1.807, 2.05) is 0 Å². The topological polar surface area (TPSA) is 61.0 Å². The molecule has 0 atom stereocenters. The van der Waals surface area contributed by atoms with E-state index in [1.165, 1.54) is 12.1 Å². The Kier molecular flexibility index (Phi) is 2.95. The number of nitrogen functional groups attached to an aromatic ring is 1. The Morgan fingerprint density at radius 3 is 2.81 bits per heavy atom. The van der Waals surface area contributed by atoms with Gasteiger partial charge < -0.3 is 10.5 Å². The molecular weight excluding hydrogens is 236 g/mol. The van der Waals surface area contributed by atoms with Gasteiger partial charge in [0.1, 0.15) is 6.61 Å². The van der Waals surface area contributed by atoms with Gasteiger partial charge in [0.05, 0.1) is 0 Å². The number of aromatic nitrogens is 2. The van der Waals surface area contributed by atoms with Crippen LogP contribution in [0.2, 0.25) is 0 Å². The van der Waals surface area contributed by atoms with E-state index in [0.717, 1.165) is 17.4 Å². The molecule has 2 rings (SSSR count). The molecule has 0 saturated carbocycles. The average Bonchev–Trinajstić information content (AvgIpc) is 2.67. The van der Waals surface area contributed by atoms with Gasteiger partial charge in [0.2, 0.25) is 10.9 Å². The SMILES string of the molecule is Nc1nnc(COc2cccc(F)c2F)s1. The fraction of sp³-hybridized carbons (Fsp3) is 0.111. The van der Waals surface area contributed by atoms with Crippen molar-refractivity contribution in [2.75, 3.05) is 5.73 Å².